The quantitative estimate of drug-likeness (QED) is 0.738. The van der Waals surface area contributed by atoms with E-state index in [-0.39, 0.29) is 12.5 Å². The number of nitrogens with two attached hydrogens (primary N) is 1. The van der Waals surface area contributed by atoms with Crippen LogP contribution in [-0.2, 0) is 29.1 Å². The molecule has 0 aliphatic carbocycles. The van der Waals surface area contributed by atoms with Crippen LogP contribution in [0.15, 0.2) is 54.6 Å². The number of tetrazole rings is 1. The van der Waals surface area contributed by atoms with Gasteiger partial charge in [-0.2, -0.15) is 4.80 Å². The van der Waals surface area contributed by atoms with Crippen LogP contribution < -0.4 is 5.73 Å². The van der Waals surface area contributed by atoms with Crippen molar-refractivity contribution in [3.8, 4) is 11.4 Å². The average molecular weight is 362 g/mol. The normalized spacial score (nSPS) is 16.0. The lowest BCUT2D eigenvalue weighted by Crippen LogP contribution is -2.52. The van der Waals surface area contributed by atoms with Crippen molar-refractivity contribution in [1.82, 2.24) is 25.1 Å². The highest BCUT2D eigenvalue weighted by Gasteiger charge is 2.33. The zero-order valence-electron chi connectivity index (χ0n) is 14.5. The van der Waals surface area contributed by atoms with Gasteiger partial charge in [0, 0.05) is 18.5 Å². The van der Waals surface area contributed by atoms with Crippen molar-refractivity contribution in [2.45, 2.75) is 25.6 Å². The second-order valence-electron chi connectivity index (χ2n) is 6.42. The van der Waals surface area contributed by atoms with E-state index < -0.39 is 11.9 Å². The fourth-order valence-electron chi connectivity index (χ4n) is 3.26. The summed E-state index contributed by atoms with van der Waals surface area (Å²) in [6.07, 6.45) is 0.414. The molecule has 0 spiro atoms. The highest BCUT2D eigenvalue weighted by Crippen LogP contribution is 2.23. The molecular formula is C19H18N6O2. The van der Waals surface area contributed by atoms with E-state index in [0.717, 1.165) is 16.7 Å². The van der Waals surface area contributed by atoms with E-state index in [2.05, 4.69) is 15.4 Å². The summed E-state index contributed by atoms with van der Waals surface area (Å²) in [7, 11) is 0. The lowest BCUT2D eigenvalue weighted by molar-refractivity contribution is -0.141. The van der Waals surface area contributed by atoms with Crippen molar-refractivity contribution in [2.24, 2.45) is 5.73 Å². The number of amides is 2. The maximum Gasteiger partial charge on any atom is 0.247 e. The molecule has 0 saturated heterocycles. The minimum atomic E-state index is -0.676. The van der Waals surface area contributed by atoms with Gasteiger partial charge in [-0.3, -0.25) is 9.59 Å². The van der Waals surface area contributed by atoms with Crippen molar-refractivity contribution < 1.29 is 9.59 Å². The number of nitrogens with zero attached hydrogens (tertiary/aromatic N) is 5. The van der Waals surface area contributed by atoms with Crippen LogP contribution in [-0.4, -0.2) is 43.0 Å². The molecule has 2 amide bonds. The first kappa shape index (κ1) is 16.9. The fraction of sp³-hybridized carbons (Fsp3) is 0.211. The second-order valence-corrected chi connectivity index (χ2v) is 6.42. The Kier molecular flexibility index (Phi) is 4.37. The molecule has 4 rings (SSSR count). The first-order valence-electron chi connectivity index (χ1n) is 8.60. The van der Waals surface area contributed by atoms with E-state index in [1.165, 1.54) is 9.70 Å². The lowest BCUT2D eigenvalue weighted by Gasteiger charge is -2.34. The average Bonchev–Trinajstić information content (AvgIpc) is 3.16. The van der Waals surface area contributed by atoms with Crippen molar-refractivity contribution in [3.05, 3.63) is 65.7 Å². The Morgan fingerprint density at radius 2 is 1.74 bits per heavy atom. The molecule has 2 aromatic carbocycles. The van der Waals surface area contributed by atoms with E-state index in [1.807, 2.05) is 54.6 Å². The number of hydrogen-bond acceptors (Lipinski definition) is 5. The third kappa shape index (κ3) is 3.41. The molecular weight excluding hydrogens is 344 g/mol. The summed E-state index contributed by atoms with van der Waals surface area (Å²) in [6.45, 7) is 0.231. The highest BCUT2D eigenvalue weighted by molar-refractivity contribution is 5.87. The number of aromatic nitrogens is 4. The molecule has 27 heavy (non-hydrogen) atoms. The Labute approximate surface area is 155 Å². The maximum absolute atomic E-state index is 12.8. The molecule has 8 heteroatoms. The predicted octanol–water partition coefficient (Wildman–Crippen LogP) is 0.779. The van der Waals surface area contributed by atoms with Crippen LogP contribution in [0.1, 0.15) is 11.1 Å². The third-order valence-electron chi connectivity index (χ3n) is 4.66. The van der Waals surface area contributed by atoms with Crippen molar-refractivity contribution >= 4 is 11.8 Å². The van der Waals surface area contributed by atoms with E-state index in [1.54, 1.807) is 0 Å². The number of primary amides is 1. The molecule has 0 unspecified atom stereocenters. The standard InChI is InChI=1S/C19H18N6O2/c20-18(27)16-10-14-8-4-5-9-15(14)11-24(16)17(26)12-25-22-19(21-23-25)13-6-2-1-3-7-13/h1-9,16H,10-12H2,(H2,20,27)/t16-/m0/s1. The molecule has 0 fully saturated rings. The van der Waals surface area contributed by atoms with E-state index >= 15 is 0 Å². The van der Waals surface area contributed by atoms with Crippen LogP contribution in [0.25, 0.3) is 11.4 Å². The van der Waals surface area contributed by atoms with Crippen LogP contribution >= 0.6 is 0 Å². The molecule has 1 aliphatic heterocycles. The summed E-state index contributed by atoms with van der Waals surface area (Å²) < 4.78 is 0. The van der Waals surface area contributed by atoms with Crippen molar-refractivity contribution in [3.63, 3.8) is 0 Å². The molecule has 136 valence electrons. The van der Waals surface area contributed by atoms with Crippen LogP contribution in [0, 0.1) is 0 Å². The molecule has 2 N–H and O–H groups in total. The summed E-state index contributed by atoms with van der Waals surface area (Å²) >= 11 is 0. The maximum atomic E-state index is 12.8. The molecule has 8 nitrogen and oxygen atoms in total. The second kappa shape index (κ2) is 6.99. The number of hydrogen-bond donors (Lipinski definition) is 1. The van der Waals surface area contributed by atoms with Crippen LogP contribution in [0.2, 0.25) is 0 Å². The van der Waals surface area contributed by atoms with E-state index in [4.69, 9.17) is 5.73 Å². The summed E-state index contributed by atoms with van der Waals surface area (Å²) in [5, 5.41) is 12.2. The third-order valence-corrected chi connectivity index (χ3v) is 4.66. The molecule has 0 radical (unpaired) electrons. The van der Waals surface area contributed by atoms with Gasteiger partial charge in [0.25, 0.3) is 0 Å². The van der Waals surface area contributed by atoms with Crippen LogP contribution in [0.4, 0.5) is 0 Å². The first-order valence-corrected chi connectivity index (χ1v) is 8.60. The zero-order chi connectivity index (χ0) is 18.8. The monoisotopic (exact) mass is 362 g/mol. The Morgan fingerprint density at radius 3 is 2.48 bits per heavy atom. The van der Waals surface area contributed by atoms with Gasteiger partial charge in [-0.15, -0.1) is 10.2 Å². The van der Waals surface area contributed by atoms with Crippen LogP contribution in [0.5, 0.6) is 0 Å². The van der Waals surface area contributed by atoms with E-state index in [9.17, 15) is 9.59 Å². The lowest BCUT2D eigenvalue weighted by atomic mass is 9.93. The van der Waals surface area contributed by atoms with Gasteiger partial charge >= 0.3 is 0 Å². The largest absolute Gasteiger partial charge is 0.368 e. The van der Waals surface area contributed by atoms with Gasteiger partial charge in [-0.05, 0) is 16.3 Å². The Hall–Kier alpha value is -3.55. The molecule has 3 aromatic rings. The van der Waals surface area contributed by atoms with Gasteiger partial charge in [-0.25, -0.2) is 0 Å². The summed E-state index contributed by atoms with van der Waals surface area (Å²) in [5.74, 6) is -0.349. The first-order chi connectivity index (χ1) is 13.1. The minimum Gasteiger partial charge on any atom is -0.368 e. The van der Waals surface area contributed by atoms with Crippen LogP contribution in [0.3, 0.4) is 0 Å². The van der Waals surface area contributed by atoms with Gasteiger partial charge < -0.3 is 10.6 Å². The zero-order valence-corrected chi connectivity index (χ0v) is 14.5. The molecule has 2 heterocycles. The predicted molar refractivity (Wildman–Crippen MR) is 96.9 cm³/mol. The number of fused-ring (bicyclic) bond motifs is 1. The molecule has 0 saturated carbocycles. The van der Waals surface area contributed by atoms with Crippen molar-refractivity contribution in [1.29, 1.82) is 0 Å². The molecule has 0 bridgehead atoms. The topological polar surface area (TPSA) is 107 Å². The molecule has 1 atom stereocenters. The fourth-order valence-corrected chi connectivity index (χ4v) is 3.26. The smallest absolute Gasteiger partial charge is 0.247 e. The number of benzene rings is 2. The van der Waals surface area contributed by atoms with E-state index in [0.29, 0.717) is 18.8 Å². The number of carbonyl (C=O) groups excluding carboxylic acids is 2. The Bertz CT molecular complexity index is 985. The number of rotatable bonds is 4. The van der Waals surface area contributed by atoms with Gasteiger partial charge in [0.05, 0.1) is 0 Å². The van der Waals surface area contributed by atoms with Gasteiger partial charge in [-0.1, -0.05) is 54.6 Å². The van der Waals surface area contributed by atoms with Gasteiger partial charge in [0.1, 0.15) is 12.6 Å². The van der Waals surface area contributed by atoms with Gasteiger partial charge in [0.2, 0.25) is 17.6 Å². The Balaban J connectivity index is 1.54. The molecule has 1 aliphatic rings. The number of carbonyl (C=O) groups is 2. The SMILES string of the molecule is NC(=O)[C@@H]1Cc2ccccc2CN1C(=O)Cn1nnc(-c2ccccc2)n1. The highest BCUT2D eigenvalue weighted by atomic mass is 16.2. The minimum absolute atomic E-state index is 0.105. The van der Waals surface area contributed by atoms with Crippen molar-refractivity contribution in [2.75, 3.05) is 0 Å². The van der Waals surface area contributed by atoms with Gasteiger partial charge in [0.15, 0.2) is 0 Å². The molecule has 1 aromatic heterocycles. The summed E-state index contributed by atoms with van der Waals surface area (Å²) in [5.41, 5.74) is 8.41. The summed E-state index contributed by atoms with van der Waals surface area (Å²) in [4.78, 5) is 27.5. The Morgan fingerprint density at radius 1 is 1.04 bits per heavy atom. The summed E-state index contributed by atoms with van der Waals surface area (Å²) in [6, 6.07) is 16.5.